The molecule has 1 heterocycles. The van der Waals surface area contributed by atoms with Gasteiger partial charge >= 0.3 is 6.09 Å². The fourth-order valence-electron chi connectivity index (χ4n) is 3.82. The zero-order valence-electron chi connectivity index (χ0n) is 22.2. The van der Waals surface area contributed by atoms with Crippen molar-refractivity contribution in [3.05, 3.63) is 52.0 Å². The number of ether oxygens (including phenoxy) is 4. The van der Waals surface area contributed by atoms with Gasteiger partial charge in [-0.2, -0.15) is 0 Å². The Balaban J connectivity index is 1.64. The molecule has 2 aromatic carbocycles. The summed E-state index contributed by atoms with van der Waals surface area (Å²) in [5.74, 6) is -0.0582. The van der Waals surface area contributed by atoms with E-state index in [1.54, 1.807) is 36.3 Å². The number of hydrogen-bond acceptors (Lipinski definition) is 7. The molecule has 2 amide bonds. The molecule has 2 aromatic rings. The maximum atomic E-state index is 13.1. The highest BCUT2D eigenvalue weighted by molar-refractivity contribution is 6.33. The zero-order valence-corrected chi connectivity index (χ0v) is 23.7. The lowest BCUT2D eigenvalue weighted by Crippen LogP contribution is -2.39. The minimum absolute atomic E-state index is 0.0347. The van der Waals surface area contributed by atoms with Gasteiger partial charge in [-0.1, -0.05) is 23.2 Å². The van der Waals surface area contributed by atoms with Crippen molar-refractivity contribution in [1.29, 1.82) is 0 Å². The number of rotatable bonds is 9. The van der Waals surface area contributed by atoms with Gasteiger partial charge in [-0.15, -0.1) is 0 Å². The number of anilines is 2. The van der Waals surface area contributed by atoms with Crippen LogP contribution in [0.15, 0.2) is 36.4 Å². The number of nitrogens with one attached hydrogen (secondary N) is 1. The predicted molar refractivity (Wildman–Crippen MR) is 149 cm³/mol. The Morgan fingerprint density at radius 3 is 2.50 bits per heavy atom. The number of amides is 2. The van der Waals surface area contributed by atoms with Crippen LogP contribution in [-0.2, 0) is 14.2 Å². The molecule has 3 rings (SSSR count). The highest BCUT2D eigenvalue weighted by atomic mass is 35.5. The number of hydrogen-bond donors (Lipinski definition) is 1. The van der Waals surface area contributed by atoms with Crippen LogP contribution in [0, 0.1) is 0 Å². The van der Waals surface area contributed by atoms with E-state index in [4.69, 9.17) is 42.1 Å². The van der Waals surface area contributed by atoms with E-state index in [-0.39, 0.29) is 18.4 Å². The van der Waals surface area contributed by atoms with E-state index in [0.29, 0.717) is 54.3 Å². The molecule has 0 saturated carbocycles. The van der Waals surface area contributed by atoms with E-state index < -0.39 is 11.5 Å². The van der Waals surface area contributed by atoms with Crippen LogP contribution >= 0.6 is 23.2 Å². The Labute approximate surface area is 233 Å². The molecule has 0 bridgehead atoms. The molecule has 0 unspecified atom stereocenters. The summed E-state index contributed by atoms with van der Waals surface area (Å²) in [6, 6.07) is 10.1. The average molecular weight is 568 g/mol. The maximum Gasteiger partial charge on any atom is 0.410 e. The van der Waals surface area contributed by atoms with Crippen LogP contribution in [0.1, 0.15) is 37.6 Å². The van der Waals surface area contributed by atoms with E-state index in [1.807, 2.05) is 26.8 Å². The van der Waals surface area contributed by atoms with Crippen molar-refractivity contribution in [1.82, 2.24) is 4.90 Å². The highest BCUT2D eigenvalue weighted by Crippen LogP contribution is 2.31. The highest BCUT2D eigenvalue weighted by Gasteiger charge is 2.25. The molecule has 208 valence electrons. The SMILES string of the molecule is COCCOCOc1ccc(Cl)cc1C(=O)Nc1ccc(N2CCCN(C(=O)OC(C)(C)C)CC2)c(Cl)c1. The second-order valence-electron chi connectivity index (χ2n) is 9.73. The van der Waals surface area contributed by atoms with Gasteiger partial charge in [-0.05, 0) is 63.6 Å². The van der Waals surface area contributed by atoms with Gasteiger partial charge in [0.25, 0.3) is 5.91 Å². The summed E-state index contributed by atoms with van der Waals surface area (Å²) in [5.41, 5.74) is 1.08. The number of benzene rings is 2. The average Bonchev–Trinajstić information content (AvgIpc) is 3.10. The minimum atomic E-state index is -0.539. The van der Waals surface area contributed by atoms with Crippen molar-refractivity contribution >= 4 is 46.6 Å². The van der Waals surface area contributed by atoms with Crippen LogP contribution in [0.2, 0.25) is 10.0 Å². The Hall–Kier alpha value is -2.72. The molecule has 9 nitrogen and oxygen atoms in total. The third-order valence-electron chi connectivity index (χ3n) is 5.61. The first-order chi connectivity index (χ1) is 18.1. The van der Waals surface area contributed by atoms with Crippen LogP contribution in [-0.4, -0.2) is 75.8 Å². The van der Waals surface area contributed by atoms with E-state index in [2.05, 4.69) is 10.2 Å². The van der Waals surface area contributed by atoms with Gasteiger partial charge in [0.1, 0.15) is 11.4 Å². The van der Waals surface area contributed by atoms with Gasteiger partial charge < -0.3 is 34.1 Å². The Kier molecular flexibility index (Phi) is 10.9. The van der Waals surface area contributed by atoms with Gasteiger partial charge in [0.15, 0.2) is 6.79 Å². The second kappa shape index (κ2) is 13.9. The molecule has 1 fully saturated rings. The number of carbonyl (C=O) groups excluding carboxylic acids is 2. The number of halogens is 2. The number of methoxy groups -OCH3 is 1. The topological polar surface area (TPSA) is 89.6 Å². The summed E-state index contributed by atoms with van der Waals surface area (Å²) in [7, 11) is 1.58. The van der Waals surface area contributed by atoms with Crippen LogP contribution < -0.4 is 15.0 Å². The normalized spacial score (nSPS) is 14.2. The van der Waals surface area contributed by atoms with E-state index in [9.17, 15) is 9.59 Å². The summed E-state index contributed by atoms with van der Waals surface area (Å²) >= 11 is 12.8. The molecule has 0 radical (unpaired) electrons. The van der Waals surface area contributed by atoms with Crippen molar-refractivity contribution in [2.24, 2.45) is 0 Å². The fourth-order valence-corrected chi connectivity index (χ4v) is 4.29. The molecule has 0 aliphatic carbocycles. The minimum Gasteiger partial charge on any atom is -0.467 e. The summed E-state index contributed by atoms with van der Waals surface area (Å²) in [5, 5.41) is 3.74. The summed E-state index contributed by atoms with van der Waals surface area (Å²) in [6.07, 6.45) is 0.468. The van der Waals surface area contributed by atoms with Crippen LogP contribution in [0.25, 0.3) is 0 Å². The number of nitrogens with zero attached hydrogens (tertiary/aromatic N) is 2. The van der Waals surface area contributed by atoms with E-state index >= 15 is 0 Å². The van der Waals surface area contributed by atoms with Gasteiger partial charge in [0, 0.05) is 44.0 Å². The molecule has 0 aromatic heterocycles. The van der Waals surface area contributed by atoms with Crippen LogP contribution in [0.5, 0.6) is 5.75 Å². The van der Waals surface area contributed by atoms with Gasteiger partial charge in [0.05, 0.1) is 29.5 Å². The third kappa shape index (κ3) is 8.94. The Bertz CT molecular complexity index is 1110. The fraction of sp³-hybridized carbons (Fsp3) is 0.481. The molecular weight excluding hydrogens is 533 g/mol. The summed E-state index contributed by atoms with van der Waals surface area (Å²) < 4.78 is 21.4. The molecule has 0 atom stereocenters. The molecule has 1 aliphatic rings. The molecule has 1 aliphatic heterocycles. The van der Waals surface area contributed by atoms with Crippen LogP contribution in [0.4, 0.5) is 16.2 Å². The smallest absolute Gasteiger partial charge is 0.410 e. The summed E-state index contributed by atoms with van der Waals surface area (Å²) in [4.78, 5) is 29.4. The van der Waals surface area contributed by atoms with Crippen molar-refractivity contribution < 1.29 is 28.5 Å². The van der Waals surface area contributed by atoms with Gasteiger partial charge in [0.2, 0.25) is 0 Å². The monoisotopic (exact) mass is 567 g/mol. The largest absolute Gasteiger partial charge is 0.467 e. The first-order valence-electron chi connectivity index (χ1n) is 12.4. The van der Waals surface area contributed by atoms with Gasteiger partial charge in [-0.25, -0.2) is 4.79 Å². The second-order valence-corrected chi connectivity index (χ2v) is 10.6. The molecule has 1 N–H and O–H groups in total. The number of carbonyl (C=O) groups is 2. The van der Waals surface area contributed by atoms with Gasteiger partial charge in [-0.3, -0.25) is 4.79 Å². The first kappa shape index (κ1) is 29.8. The van der Waals surface area contributed by atoms with Crippen molar-refractivity contribution in [3.63, 3.8) is 0 Å². The Morgan fingerprint density at radius 1 is 1.00 bits per heavy atom. The first-order valence-corrected chi connectivity index (χ1v) is 13.2. The quantitative estimate of drug-likeness (QED) is 0.307. The zero-order chi connectivity index (χ0) is 27.7. The van der Waals surface area contributed by atoms with E-state index in [0.717, 1.165) is 18.7 Å². The molecule has 0 spiro atoms. The molecular formula is C27H35Cl2N3O6. The van der Waals surface area contributed by atoms with E-state index in [1.165, 1.54) is 6.07 Å². The van der Waals surface area contributed by atoms with Crippen molar-refractivity contribution in [3.8, 4) is 5.75 Å². The molecule has 11 heteroatoms. The Morgan fingerprint density at radius 2 is 1.79 bits per heavy atom. The van der Waals surface area contributed by atoms with Crippen LogP contribution in [0.3, 0.4) is 0 Å². The lowest BCUT2D eigenvalue weighted by atomic mass is 10.1. The maximum absolute atomic E-state index is 13.1. The standard InChI is InChI=1S/C27H35Cl2N3O6/c1-27(2,3)38-26(34)32-11-5-10-31(12-13-32)23-8-7-20(17-22(23)29)30-25(33)21-16-19(28)6-9-24(21)37-18-36-15-14-35-4/h6-9,16-17H,5,10-15,18H2,1-4H3,(H,30,33). The lowest BCUT2D eigenvalue weighted by Gasteiger charge is -2.27. The predicted octanol–water partition coefficient (Wildman–Crippen LogP) is 5.69. The molecule has 38 heavy (non-hydrogen) atoms. The summed E-state index contributed by atoms with van der Waals surface area (Å²) in [6.45, 7) is 8.82. The molecule has 1 saturated heterocycles. The third-order valence-corrected chi connectivity index (χ3v) is 6.15. The van der Waals surface area contributed by atoms with Crippen molar-refractivity contribution in [2.45, 2.75) is 32.8 Å². The van der Waals surface area contributed by atoms with Crippen molar-refractivity contribution in [2.75, 3.05) is 63.5 Å². The lowest BCUT2D eigenvalue weighted by molar-refractivity contribution is -0.00872.